The second kappa shape index (κ2) is 6.91. The number of aliphatic hydroxyl groups is 2. The first-order valence-corrected chi connectivity index (χ1v) is 7.48. The number of aromatic nitrogens is 2. The summed E-state index contributed by atoms with van der Waals surface area (Å²) >= 11 is 0.935. The van der Waals surface area contributed by atoms with Crippen LogP contribution in [-0.2, 0) is 9.53 Å². The number of H-pyrrole nitrogens is 1. The van der Waals surface area contributed by atoms with Crippen molar-refractivity contribution in [3.05, 3.63) is 29.5 Å². The molecule has 8 heteroatoms. The minimum absolute atomic E-state index is 0.0806. The van der Waals surface area contributed by atoms with E-state index < -0.39 is 18.2 Å². The Morgan fingerprint density at radius 1 is 1.41 bits per heavy atom. The fourth-order valence-electron chi connectivity index (χ4n) is 1.99. The number of hydrogen-bond donors (Lipinski definition) is 3. The molecule has 1 heterocycles. The van der Waals surface area contributed by atoms with Crippen LogP contribution in [0.3, 0.4) is 0 Å². The number of aliphatic hydroxyl groups excluding tert-OH is 2. The lowest BCUT2D eigenvalue weighted by Gasteiger charge is -2.15. The molecule has 0 saturated carbocycles. The van der Waals surface area contributed by atoms with Crippen LogP contribution in [0.2, 0.25) is 0 Å². The minimum Gasteiger partial charge on any atom is -0.465 e. The molecule has 3 N–H and O–H groups in total. The van der Waals surface area contributed by atoms with E-state index in [0.717, 1.165) is 11.8 Å². The van der Waals surface area contributed by atoms with E-state index in [2.05, 4.69) is 14.9 Å². The first-order chi connectivity index (χ1) is 10.4. The summed E-state index contributed by atoms with van der Waals surface area (Å²) < 4.78 is 4.63. The highest BCUT2D eigenvalue weighted by Gasteiger charge is 2.23. The Morgan fingerprint density at radius 3 is 2.77 bits per heavy atom. The van der Waals surface area contributed by atoms with Gasteiger partial charge in [0.25, 0.3) is 0 Å². The van der Waals surface area contributed by atoms with Crippen LogP contribution in [0, 0.1) is 0 Å². The Hall–Kier alpha value is -1.90. The maximum Gasteiger partial charge on any atom is 0.337 e. The summed E-state index contributed by atoms with van der Waals surface area (Å²) in [4.78, 5) is 22.4. The van der Waals surface area contributed by atoms with Crippen LogP contribution < -0.4 is 0 Å². The summed E-state index contributed by atoms with van der Waals surface area (Å²) in [5.41, 5.74) is 1.15. The van der Waals surface area contributed by atoms with E-state index in [-0.39, 0.29) is 10.9 Å². The van der Waals surface area contributed by atoms with Crippen LogP contribution in [-0.4, -0.2) is 50.5 Å². The molecular weight excluding hydrogens is 308 g/mol. The van der Waals surface area contributed by atoms with Crippen molar-refractivity contribution in [3.8, 4) is 0 Å². The number of thioether (sulfide) groups is 1. The minimum atomic E-state index is -1.21. The summed E-state index contributed by atoms with van der Waals surface area (Å²) in [5.74, 6) is -0.401. The molecular formula is C14H16N2O5S. The Balaban J connectivity index is 2.25. The van der Waals surface area contributed by atoms with Crippen LogP contribution >= 0.6 is 11.8 Å². The van der Waals surface area contributed by atoms with Gasteiger partial charge in [-0.15, -0.1) is 0 Å². The summed E-state index contributed by atoms with van der Waals surface area (Å²) in [6.45, 7) is 1.39. The Morgan fingerprint density at radius 2 is 2.14 bits per heavy atom. The second-order valence-electron chi connectivity index (χ2n) is 4.68. The smallest absolute Gasteiger partial charge is 0.337 e. The fraction of sp³-hybridized carbons (Fsp3) is 0.357. The molecule has 22 heavy (non-hydrogen) atoms. The SMILES string of the molecule is COC(=O)c1ccc2c(C(O)C(O)CSC(C)=O)[nH]nc2c1. The second-order valence-corrected chi connectivity index (χ2v) is 5.87. The molecule has 2 unspecified atom stereocenters. The zero-order valence-corrected chi connectivity index (χ0v) is 12.9. The quantitative estimate of drug-likeness (QED) is 0.704. The molecule has 0 aliphatic carbocycles. The molecule has 1 aromatic heterocycles. The lowest BCUT2D eigenvalue weighted by molar-refractivity contribution is -0.109. The number of esters is 1. The first kappa shape index (κ1) is 16.5. The number of methoxy groups -OCH3 is 1. The predicted octanol–water partition coefficient (Wildman–Crippen LogP) is 1.02. The third kappa shape index (κ3) is 3.46. The monoisotopic (exact) mass is 324 g/mol. The molecule has 0 amide bonds. The summed E-state index contributed by atoms with van der Waals surface area (Å²) in [6.07, 6.45) is -2.32. The Bertz CT molecular complexity index is 700. The van der Waals surface area contributed by atoms with Crippen molar-refractivity contribution < 1.29 is 24.5 Å². The zero-order chi connectivity index (χ0) is 16.3. The molecule has 1 aromatic carbocycles. The number of fused-ring (bicyclic) bond motifs is 1. The molecule has 0 aliphatic rings. The predicted molar refractivity (Wildman–Crippen MR) is 81.5 cm³/mol. The fourth-order valence-corrected chi connectivity index (χ4v) is 2.58. The van der Waals surface area contributed by atoms with Crippen LogP contribution in [0.5, 0.6) is 0 Å². The molecule has 2 rings (SSSR count). The van der Waals surface area contributed by atoms with Crippen molar-refractivity contribution in [2.75, 3.05) is 12.9 Å². The van der Waals surface area contributed by atoms with Gasteiger partial charge in [-0.05, 0) is 18.2 Å². The van der Waals surface area contributed by atoms with Gasteiger partial charge in [-0.3, -0.25) is 9.89 Å². The molecule has 118 valence electrons. The maximum absolute atomic E-state index is 11.5. The third-order valence-corrected chi connectivity index (χ3v) is 4.04. The molecule has 0 aliphatic heterocycles. The van der Waals surface area contributed by atoms with Crippen molar-refractivity contribution in [2.24, 2.45) is 0 Å². The van der Waals surface area contributed by atoms with E-state index in [9.17, 15) is 19.8 Å². The van der Waals surface area contributed by atoms with Gasteiger partial charge >= 0.3 is 5.97 Å². The highest BCUT2D eigenvalue weighted by atomic mass is 32.2. The van der Waals surface area contributed by atoms with Gasteiger partial charge in [0.15, 0.2) is 5.12 Å². The summed E-state index contributed by atoms with van der Waals surface area (Å²) in [5, 5.41) is 27.2. The van der Waals surface area contributed by atoms with Gasteiger partial charge in [0.2, 0.25) is 0 Å². The van der Waals surface area contributed by atoms with Crippen molar-refractivity contribution in [1.82, 2.24) is 10.2 Å². The number of carbonyl (C=O) groups excluding carboxylic acids is 2. The van der Waals surface area contributed by atoms with Gasteiger partial charge in [0.05, 0.1) is 30.0 Å². The van der Waals surface area contributed by atoms with Gasteiger partial charge < -0.3 is 14.9 Å². The third-order valence-electron chi connectivity index (χ3n) is 3.12. The molecule has 0 saturated heterocycles. The van der Waals surface area contributed by atoms with E-state index in [1.807, 2.05) is 0 Å². The largest absolute Gasteiger partial charge is 0.465 e. The Kier molecular flexibility index (Phi) is 5.17. The van der Waals surface area contributed by atoms with Gasteiger partial charge in [-0.2, -0.15) is 5.10 Å². The zero-order valence-electron chi connectivity index (χ0n) is 12.1. The average Bonchev–Trinajstić information content (AvgIpc) is 2.93. The van der Waals surface area contributed by atoms with Crippen LogP contribution in [0.15, 0.2) is 18.2 Å². The van der Waals surface area contributed by atoms with E-state index in [1.165, 1.54) is 20.1 Å². The Labute approximate surface area is 130 Å². The van der Waals surface area contributed by atoms with Crippen LogP contribution in [0.1, 0.15) is 29.1 Å². The molecule has 0 bridgehead atoms. The highest BCUT2D eigenvalue weighted by Crippen LogP contribution is 2.26. The molecule has 7 nitrogen and oxygen atoms in total. The van der Waals surface area contributed by atoms with Crippen LogP contribution in [0.25, 0.3) is 10.9 Å². The van der Waals surface area contributed by atoms with E-state index in [4.69, 9.17) is 0 Å². The van der Waals surface area contributed by atoms with Crippen molar-refractivity contribution in [2.45, 2.75) is 19.1 Å². The molecule has 0 fully saturated rings. The lowest BCUT2D eigenvalue weighted by Crippen LogP contribution is -2.21. The average molecular weight is 324 g/mol. The number of benzene rings is 1. The van der Waals surface area contributed by atoms with Crippen LogP contribution in [0.4, 0.5) is 0 Å². The van der Waals surface area contributed by atoms with E-state index >= 15 is 0 Å². The number of nitrogens with zero attached hydrogens (tertiary/aromatic N) is 1. The molecule has 0 radical (unpaired) electrons. The van der Waals surface area contributed by atoms with Gasteiger partial charge in [0.1, 0.15) is 6.10 Å². The van der Waals surface area contributed by atoms with Gasteiger partial charge in [-0.1, -0.05) is 11.8 Å². The summed E-state index contributed by atoms with van der Waals surface area (Å²) in [7, 11) is 1.29. The van der Waals surface area contributed by atoms with E-state index in [0.29, 0.717) is 22.2 Å². The number of carbonyl (C=O) groups is 2. The number of hydrogen-bond acceptors (Lipinski definition) is 7. The summed E-state index contributed by atoms with van der Waals surface area (Å²) in [6, 6.07) is 4.70. The number of ether oxygens (including phenoxy) is 1. The standard InChI is InChI=1S/C14H16N2O5S/c1-7(17)22-6-11(18)13(19)12-9-4-3-8(14(20)21-2)5-10(9)15-16-12/h3-5,11,13,18-19H,6H2,1-2H3,(H,15,16). The molecule has 0 spiro atoms. The molecule has 2 aromatic rings. The first-order valence-electron chi connectivity index (χ1n) is 6.50. The van der Waals surface area contributed by atoms with Gasteiger partial charge in [0, 0.05) is 18.1 Å². The molecule has 2 atom stereocenters. The number of aromatic amines is 1. The topological polar surface area (TPSA) is 113 Å². The van der Waals surface area contributed by atoms with E-state index in [1.54, 1.807) is 12.1 Å². The lowest BCUT2D eigenvalue weighted by atomic mass is 10.1. The van der Waals surface area contributed by atoms with Crippen molar-refractivity contribution >= 4 is 33.7 Å². The maximum atomic E-state index is 11.5. The van der Waals surface area contributed by atoms with Crippen molar-refractivity contribution in [3.63, 3.8) is 0 Å². The number of rotatable bonds is 5. The highest BCUT2D eigenvalue weighted by molar-refractivity contribution is 8.13. The number of nitrogens with one attached hydrogen (secondary N) is 1. The van der Waals surface area contributed by atoms with Gasteiger partial charge in [-0.25, -0.2) is 4.79 Å². The van der Waals surface area contributed by atoms with Crippen molar-refractivity contribution in [1.29, 1.82) is 0 Å². The normalized spacial score (nSPS) is 13.8.